The number of carbonyl (C=O) groups is 5. The minimum atomic E-state index is -3.35. The van der Waals surface area contributed by atoms with E-state index in [-0.39, 0.29) is 0 Å². The van der Waals surface area contributed by atoms with Gasteiger partial charge in [0.2, 0.25) is 17.7 Å². The molecule has 22 atom stereocenters. The van der Waals surface area contributed by atoms with Crippen molar-refractivity contribution in [1.29, 1.82) is 0 Å². The van der Waals surface area contributed by atoms with Crippen LogP contribution in [0.25, 0.3) is 0 Å². The van der Waals surface area contributed by atoms with E-state index in [2.05, 4.69) is 16.0 Å². The molecule has 0 aromatic rings. The van der Waals surface area contributed by atoms with Gasteiger partial charge in [0.1, 0.15) is 85.4 Å². The lowest BCUT2D eigenvalue weighted by molar-refractivity contribution is -0.383. The molecule has 3 amide bonds. The van der Waals surface area contributed by atoms with Crippen molar-refractivity contribution >= 4 is 29.7 Å². The molecule has 0 aliphatic carbocycles. The maximum atomic E-state index is 13.2. The number of hydrogen-bond donors (Lipinski definition) is 18. The zero-order chi connectivity index (χ0) is 49.7. The van der Waals surface area contributed by atoms with Crippen LogP contribution in [0.15, 0.2) is 0 Å². The third-order valence-electron chi connectivity index (χ3n) is 11.4. The van der Waals surface area contributed by atoms with Crippen molar-refractivity contribution in [2.24, 2.45) is 0 Å². The van der Waals surface area contributed by atoms with Crippen molar-refractivity contribution < 1.29 is 134 Å². The summed E-state index contributed by atoms with van der Waals surface area (Å²) in [6.45, 7) is -1.72. The van der Waals surface area contributed by atoms with Crippen molar-refractivity contribution in [2.45, 2.75) is 167 Å². The third kappa shape index (κ3) is 11.9. The first-order valence-corrected chi connectivity index (χ1v) is 20.3. The van der Waals surface area contributed by atoms with Crippen molar-refractivity contribution in [3.05, 3.63) is 0 Å². The molecule has 380 valence electrons. The van der Waals surface area contributed by atoms with Crippen LogP contribution in [-0.2, 0) is 57.1 Å². The Morgan fingerprint density at radius 2 is 1.08 bits per heavy atom. The zero-order valence-electron chi connectivity index (χ0n) is 35.4. The summed E-state index contributed by atoms with van der Waals surface area (Å²) in [6.07, 6.45) is -38.6. The second kappa shape index (κ2) is 22.8. The molecule has 66 heavy (non-hydrogen) atoms. The first kappa shape index (κ1) is 55.1. The van der Waals surface area contributed by atoms with Gasteiger partial charge in [0.25, 0.3) is 11.6 Å². The quantitative estimate of drug-likeness (QED) is 0.0571. The molecule has 4 aliphatic heterocycles. The standard InChI is InChI=1S/C36H59N3O27/c1-10(44)37-19-13(47)4-35(33(56)57,64-28(19)22(50)15(49)6-40)63-18(9-43)25(53)29-20(38-11(2)45)14(48)5-36(65-29,34(58)59)66-30-24(52)17(8-42)61-32(26(30)54)62-27-21(39-12(3)46)31(55)60-16(7-41)23(27)51/h13-32,40-43,47-55H,4-9H2,1-3H3,(H,37,44)(H,38,45)(H,39,46)(H,56,57)(H,58,59)/t13-,14-,15+,16+,17+,18+,19+,20+,21+,22+,23+,24-,25+,26+,27+,28+,29+,30-,31?,32-,35+,36-/m0/s1. The highest BCUT2D eigenvalue weighted by atomic mass is 16.8. The van der Waals surface area contributed by atoms with Crippen molar-refractivity contribution in [2.75, 3.05) is 26.4 Å². The molecule has 4 heterocycles. The second-order valence-electron chi connectivity index (χ2n) is 16.2. The Kier molecular flexibility index (Phi) is 19.0. The van der Waals surface area contributed by atoms with Crippen molar-refractivity contribution in [3.63, 3.8) is 0 Å². The molecule has 30 heteroatoms. The summed E-state index contributed by atoms with van der Waals surface area (Å²) < 4.78 is 38.9. The smallest absolute Gasteiger partial charge is 0.364 e. The lowest BCUT2D eigenvalue weighted by atomic mass is 9.87. The predicted molar refractivity (Wildman–Crippen MR) is 203 cm³/mol. The van der Waals surface area contributed by atoms with E-state index in [4.69, 9.17) is 33.2 Å². The van der Waals surface area contributed by atoms with Crippen LogP contribution in [0.4, 0.5) is 0 Å². The maximum absolute atomic E-state index is 13.2. The van der Waals surface area contributed by atoms with E-state index in [9.17, 15) is 101 Å². The number of carbonyl (C=O) groups excluding carboxylic acids is 3. The number of carboxylic acid groups (broad SMARTS) is 2. The summed E-state index contributed by atoms with van der Waals surface area (Å²) in [5, 5.41) is 167. The first-order chi connectivity index (χ1) is 30.8. The van der Waals surface area contributed by atoms with Crippen LogP contribution in [0.2, 0.25) is 0 Å². The molecule has 4 aliphatic rings. The minimum Gasteiger partial charge on any atom is -0.477 e. The molecule has 0 aromatic heterocycles. The van der Waals surface area contributed by atoms with E-state index in [1.807, 2.05) is 0 Å². The molecule has 0 aromatic carbocycles. The SMILES string of the molecule is CC(=O)N[C@H]1[C@H]([C@H](O)[C@H](O)CO)O[C@@](O[C@H](CO)[C@@H](O)[C@@H]2O[C@@](O[C@H]3[C@@H](O)[C@@H](CO)O[C@@H](O[C@H]4[C@H](O)[C@@H](CO)OC(O)[C@@H]4NC(C)=O)[C@@H]3O)(C(=O)O)C[C@H](O)[C@H]2NC(C)=O)(C(=O)O)C[C@@H]1O. The van der Waals surface area contributed by atoms with E-state index < -0.39 is 203 Å². The van der Waals surface area contributed by atoms with Gasteiger partial charge in [0.15, 0.2) is 12.6 Å². The van der Waals surface area contributed by atoms with Crippen molar-refractivity contribution in [1.82, 2.24) is 16.0 Å². The van der Waals surface area contributed by atoms with Crippen LogP contribution in [0.3, 0.4) is 0 Å². The number of nitrogens with one attached hydrogen (secondary N) is 3. The van der Waals surface area contributed by atoms with Gasteiger partial charge in [-0.25, -0.2) is 9.59 Å². The van der Waals surface area contributed by atoms with E-state index in [1.54, 1.807) is 0 Å². The summed E-state index contributed by atoms with van der Waals surface area (Å²) in [5.41, 5.74) is 0. The Morgan fingerprint density at radius 1 is 0.621 bits per heavy atom. The van der Waals surface area contributed by atoms with Crippen LogP contribution in [0.5, 0.6) is 0 Å². The summed E-state index contributed by atoms with van der Waals surface area (Å²) in [7, 11) is 0. The van der Waals surface area contributed by atoms with Crippen LogP contribution < -0.4 is 16.0 Å². The number of carboxylic acids is 2. The summed E-state index contributed by atoms with van der Waals surface area (Å²) >= 11 is 0. The topological polar surface area (TPSA) is 490 Å². The van der Waals surface area contributed by atoms with E-state index >= 15 is 0 Å². The van der Waals surface area contributed by atoms with E-state index in [0.29, 0.717) is 0 Å². The fourth-order valence-electron chi connectivity index (χ4n) is 8.16. The van der Waals surface area contributed by atoms with Crippen LogP contribution in [0.1, 0.15) is 33.6 Å². The number of aliphatic hydroxyl groups excluding tert-OH is 13. The van der Waals surface area contributed by atoms with E-state index in [1.165, 1.54) is 0 Å². The molecule has 18 N–H and O–H groups in total. The number of amides is 3. The summed E-state index contributed by atoms with van der Waals surface area (Å²) in [5.74, 6) is -13.5. The largest absolute Gasteiger partial charge is 0.477 e. The summed E-state index contributed by atoms with van der Waals surface area (Å²) in [6, 6.07) is -5.23. The van der Waals surface area contributed by atoms with Crippen LogP contribution >= 0.6 is 0 Å². The molecule has 4 saturated heterocycles. The van der Waals surface area contributed by atoms with E-state index in [0.717, 1.165) is 20.8 Å². The lowest BCUT2D eigenvalue weighted by Crippen LogP contribution is -2.72. The predicted octanol–water partition coefficient (Wildman–Crippen LogP) is -10.9. The molecule has 0 radical (unpaired) electrons. The van der Waals surface area contributed by atoms with Crippen molar-refractivity contribution in [3.8, 4) is 0 Å². The lowest BCUT2D eigenvalue weighted by Gasteiger charge is -2.51. The Morgan fingerprint density at radius 3 is 1.55 bits per heavy atom. The second-order valence-corrected chi connectivity index (χ2v) is 16.2. The zero-order valence-corrected chi connectivity index (χ0v) is 35.4. The highest BCUT2D eigenvalue weighted by Crippen LogP contribution is 2.40. The van der Waals surface area contributed by atoms with Gasteiger partial charge in [-0.15, -0.1) is 0 Å². The van der Waals surface area contributed by atoms with Crippen LogP contribution in [0, 0.1) is 0 Å². The average Bonchev–Trinajstić information content (AvgIpc) is 3.24. The van der Waals surface area contributed by atoms with Gasteiger partial charge in [-0.1, -0.05) is 0 Å². The molecular weight excluding hydrogens is 906 g/mol. The highest BCUT2D eigenvalue weighted by molar-refractivity contribution is 5.77. The van der Waals surface area contributed by atoms with Gasteiger partial charge in [0, 0.05) is 33.6 Å². The minimum absolute atomic E-state index is 0.793. The number of rotatable bonds is 19. The molecule has 1 unspecified atom stereocenters. The first-order valence-electron chi connectivity index (χ1n) is 20.3. The maximum Gasteiger partial charge on any atom is 0.364 e. The Hall–Kier alpha value is -3.45. The van der Waals surface area contributed by atoms with Gasteiger partial charge < -0.3 is 126 Å². The highest BCUT2D eigenvalue weighted by Gasteiger charge is 2.62. The number of hydrogen-bond acceptors (Lipinski definition) is 25. The summed E-state index contributed by atoms with van der Waals surface area (Å²) in [4.78, 5) is 62.5. The Balaban J connectivity index is 1.73. The number of aliphatic carboxylic acids is 2. The van der Waals surface area contributed by atoms with Gasteiger partial charge in [-0.2, -0.15) is 0 Å². The third-order valence-corrected chi connectivity index (χ3v) is 11.4. The molecule has 4 rings (SSSR count). The van der Waals surface area contributed by atoms with Gasteiger partial charge in [-0.3, -0.25) is 14.4 Å². The molecular formula is C36H59N3O27. The fourth-order valence-corrected chi connectivity index (χ4v) is 8.16. The molecule has 4 fully saturated rings. The monoisotopic (exact) mass is 965 g/mol. The Labute approximate surface area is 373 Å². The van der Waals surface area contributed by atoms with Gasteiger partial charge in [-0.05, 0) is 0 Å². The molecule has 30 nitrogen and oxygen atoms in total. The van der Waals surface area contributed by atoms with Crippen LogP contribution in [-0.4, -0.2) is 267 Å². The molecule has 0 saturated carbocycles. The van der Waals surface area contributed by atoms with Gasteiger partial charge in [0.05, 0.1) is 50.7 Å². The average molecular weight is 966 g/mol. The molecule has 0 bridgehead atoms. The Bertz CT molecular complexity index is 1680. The number of ether oxygens (including phenoxy) is 7. The fraction of sp³-hybridized carbons (Fsp3) is 0.861. The number of aliphatic hydroxyl groups is 13. The normalized spacial score (nSPS) is 41.4. The molecule has 0 spiro atoms. The van der Waals surface area contributed by atoms with Gasteiger partial charge >= 0.3 is 11.9 Å².